The zero-order valence-corrected chi connectivity index (χ0v) is 17.4. The largest absolute Gasteiger partial charge is 0.380 e. The Balaban J connectivity index is 1.88. The number of carbonyl (C=O) groups is 1. The van der Waals surface area contributed by atoms with Crippen LogP contribution >= 0.6 is 0 Å². The van der Waals surface area contributed by atoms with E-state index in [4.69, 9.17) is 9.72 Å². The van der Waals surface area contributed by atoms with Gasteiger partial charge in [0.15, 0.2) is 0 Å². The van der Waals surface area contributed by atoms with Crippen molar-refractivity contribution < 1.29 is 9.53 Å². The van der Waals surface area contributed by atoms with E-state index in [2.05, 4.69) is 24.1 Å². The van der Waals surface area contributed by atoms with Crippen molar-refractivity contribution in [3.05, 3.63) is 65.7 Å². The van der Waals surface area contributed by atoms with Crippen molar-refractivity contribution >= 4 is 16.8 Å². The molecule has 1 heterocycles. The number of pyridine rings is 1. The molecule has 1 aromatic heterocycles. The predicted octanol–water partition coefficient (Wildman–Crippen LogP) is 4.12. The molecule has 0 saturated heterocycles. The van der Waals surface area contributed by atoms with Crippen molar-refractivity contribution in [2.75, 3.05) is 33.3 Å². The standard InChI is InChI=1S/C24H29N3O2/c1-4-27(5-2)15-14-25-24(28)21-16-23(26-22-9-7-6-8-20(21)22)19-12-10-18(11-13-19)17-29-3/h6-13,16H,4-5,14-15,17H2,1-3H3,(H,25,28). The highest BCUT2D eigenvalue weighted by Crippen LogP contribution is 2.25. The number of carbonyl (C=O) groups excluding carboxylic acids is 1. The van der Waals surface area contributed by atoms with Gasteiger partial charge in [0.05, 0.1) is 23.4 Å². The fraction of sp³-hybridized carbons (Fsp3) is 0.333. The molecule has 0 fully saturated rings. The minimum atomic E-state index is -0.0620. The summed E-state index contributed by atoms with van der Waals surface area (Å²) in [5.74, 6) is -0.0620. The summed E-state index contributed by atoms with van der Waals surface area (Å²) in [4.78, 5) is 20.0. The van der Waals surface area contributed by atoms with Gasteiger partial charge in [-0.15, -0.1) is 0 Å². The molecule has 0 atom stereocenters. The average Bonchev–Trinajstić information content (AvgIpc) is 2.76. The van der Waals surface area contributed by atoms with Gasteiger partial charge in [0.25, 0.3) is 5.91 Å². The Morgan fingerprint density at radius 2 is 1.79 bits per heavy atom. The van der Waals surface area contributed by atoms with Crippen LogP contribution in [0.1, 0.15) is 29.8 Å². The first-order valence-electron chi connectivity index (χ1n) is 10.1. The Labute approximate surface area is 172 Å². The molecule has 1 amide bonds. The molecule has 152 valence electrons. The summed E-state index contributed by atoms with van der Waals surface area (Å²) in [6.07, 6.45) is 0. The Morgan fingerprint density at radius 3 is 2.48 bits per heavy atom. The molecular formula is C24H29N3O2. The fourth-order valence-electron chi connectivity index (χ4n) is 3.41. The number of hydrogen-bond acceptors (Lipinski definition) is 4. The van der Waals surface area contributed by atoms with Crippen molar-refractivity contribution in [3.63, 3.8) is 0 Å². The molecular weight excluding hydrogens is 362 g/mol. The SMILES string of the molecule is CCN(CC)CCNC(=O)c1cc(-c2ccc(COC)cc2)nc2ccccc12. The quantitative estimate of drug-likeness (QED) is 0.596. The summed E-state index contributed by atoms with van der Waals surface area (Å²) in [6.45, 7) is 8.26. The lowest BCUT2D eigenvalue weighted by atomic mass is 10.0. The second-order valence-corrected chi connectivity index (χ2v) is 6.98. The first-order chi connectivity index (χ1) is 14.2. The monoisotopic (exact) mass is 391 g/mol. The van der Waals surface area contributed by atoms with Gasteiger partial charge in [-0.25, -0.2) is 4.98 Å². The van der Waals surface area contributed by atoms with Crippen LogP contribution in [-0.4, -0.2) is 49.1 Å². The first kappa shape index (κ1) is 21.0. The summed E-state index contributed by atoms with van der Waals surface area (Å²) in [7, 11) is 1.68. The number of nitrogens with one attached hydrogen (secondary N) is 1. The van der Waals surface area contributed by atoms with Gasteiger partial charge in [-0.1, -0.05) is 56.3 Å². The summed E-state index contributed by atoms with van der Waals surface area (Å²) in [5, 5.41) is 3.94. The van der Waals surface area contributed by atoms with Gasteiger partial charge in [-0.3, -0.25) is 4.79 Å². The van der Waals surface area contributed by atoms with Gasteiger partial charge >= 0.3 is 0 Å². The number of methoxy groups -OCH3 is 1. The predicted molar refractivity (Wildman–Crippen MR) is 118 cm³/mol. The smallest absolute Gasteiger partial charge is 0.252 e. The number of aromatic nitrogens is 1. The minimum absolute atomic E-state index is 0.0620. The number of likely N-dealkylation sites (N-methyl/N-ethyl adjacent to an activating group) is 1. The van der Waals surface area contributed by atoms with E-state index in [1.807, 2.05) is 54.6 Å². The third kappa shape index (κ3) is 5.19. The highest BCUT2D eigenvalue weighted by molar-refractivity contribution is 6.07. The van der Waals surface area contributed by atoms with E-state index < -0.39 is 0 Å². The Kier molecular flexibility index (Phi) is 7.33. The van der Waals surface area contributed by atoms with E-state index >= 15 is 0 Å². The van der Waals surface area contributed by atoms with E-state index in [0.29, 0.717) is 18.7 Å². The van der Waals surface area contributed by atoms with Crippen LogP contribution in [0.3, 0.4) is 0 Å². The lowest BCUT2D eigenvalue weighted by Gasteiger charge is -2.18. The zero-order valence-electron chi connectivity index (χ0n) is 17.4. The highest BCUT2D eigenvalue weighted by Gasteiger charge is 2.14. The maximum absolute atomic E-state index is 13.0. The molecule has 0 aliphatic rings. The molecule has 0 radical (unpaired) electrons. The molecule has 3 aromatic rings. The second-order valence-electron chi connectivity index (χ2n) is 6.98. The lowest BCUT2D eigenvalue weighted by molar-refractivity contribution is 0.0950. The van der Waals surface area contributed by atoms with Gasteiger partial charge in [0, 0.05) is 31.1 Å². The third-order valence-corrected chi connectivity index (χ3v) is 5.13. The zero-order chi connectivity index (χ0) is 20.6. The fourth-order valence-corrected chi connectivity index (χ4v) is 3.41. The maximum atomic E-state index is 13.0. The molecule has 1 N–H and O–H groups in total. The van der Waals surface area contributed by atoms with Gasteiger partial charge in [-0.05, 0) is 30.8 Å². The number of para-hydroxylation sites is 1. The highest BCUT2D eigenvalue weighted by atomic mass is 16.5. The molecule has 0 aliphatic heterocycles. The molecule has 0 spiro atoms. The minimum Gasteiger partial charge on any atom is -0.380 e. The molecule has 2 aromatic carbocycles. The Morgan fingerprint density at radius 1 is 1.07 bits per heavy atom. The van der Waals surface area contributed by atoms with Crippen molar-refractivity contribution in [2.24, 2.45) is 0 Å². The van der Waals surface area contributed by atoms with E-state index in [-0.39, 0.29) is 5.91 Å². The molecule has 29 heavy (non-hydrogen) atoms. The van der Waals surface area contributed by atoms with Gasteiger partial charge < -0.3 is 15.0 Å². The number of fused-ring (bicyclic) bond motifs is 1. The van der Waals surface area contributed by atoms with Crippen molar-refractivity contribution in [1.82, 2.24) is 15.2 Å². The van der Waals surface area contributed by atoms with Gasteiger partial charge in [0.1, 0.15) is 0 Å². The summed E-state index contributed by atoms with van der Waals surface area (Å²) in [6, 6.07) is 17.8. The Bertz CT molecular complexity index is 950. The van der Waals surface area contributed by atoms with Crippen LogP contribution in [0.2, 0.25) is 0 Å². The van der Waals surface area contributed by atoms with E-state index in [1.165, 1.54) is 0 Å². The second kappa shape index (κ2) is 10.1. The number of amides is 1. The summed E-state index contributed by atoms with van der Waals surface area (Å²) >= 11 is 0. The summed E-state index contributed by atoms with van der Waals surface area (Å²) in [5.41, 5.74) is 4.35. The number of ether oxygens (including phenoxy) is 1. The molecule has 3 rings (SSSR count). The molecule has 0 aliphatic carbocycles. The van der Waals surface area contributed by atoms with E-state index in [0.717, 1.165) is 47.4 Å². The lowest BCUT2D eigenvalue weighted by Crippen LogP contribution is -2.34. The molecule has 5 nitrogen and oxygen atoms in total. The average molecular weight is 392 g/mol. The number of rotatable bonds is 9. The normalized spacial score (nSPS) is 11.2. The number of benzene rings is 2. The first-order valence-corrected chi connectivity index (χ1v) is 10.1. The molecule has 0 unspecified atom stereocenters. The van der Waals surface area contributed by atoms with Crippen LogP contribution < -0.4 is 5.32 Å². The third-order valence-electron chi connectivity index (χ3n) is 5.13. The van der Waals surface area contributed by atoms with Crippen molar-refractivity contribution in [2.45, 2.75) is 20.5 Å². The van der Waals surface area contributed by atoms with Gasteiger partial charge in [0.2, 0.25) is 0 Å². The van der Waals surface area contributed by atoms with Crippen LogP contribution in [0.5, 0.6) is 0 Å². The van der Waals surface area contributed by atoms with Gasteiger partial charge in [-0.2, -0.15) is 0 Å². The number of nitrogens with zero attached hydrogens (tertiary/aromatic N) is 2. The summed E-state index contributed by atoms with van der Waals surface area (Å²) < 4.78 is 5.18. The number of hydrogen-bond donors (Lipinski definition) is 1. The van der Waals surface area contributed by atoms with Crippen LogP contribution in [0.4, 0.5) is 0 Å². The maximum Gasteiger partial charge on any atom is 0.252 e. The van der Waals surface area contributed by atoms with Crippen molar-refractivity contribution in [3.8, 4) is 11.3 Å². The van der Waals surface area contributed by atoms with Crippen LogP contribution in [0.25, 0.3) is 22.2 Å². The van der Waals surface area contributed by atoms with Crippen molar-refractivity contribution in [1.29, 1.82) is 0 Å². The molecule has 0 saturated carbocycles. The van der Waals surface area contributed by atoms with E-state index in [1.54, 1.807) is 7.11 Å². The Hall–Kier alpha value is -2.76. The van der Waals surface area contributed by atoms with Crippen LogP contribution in [0, 0.1) is 0 Å². The topological polar surface area (TPSA) is 54.5 Å². The molecule has 5 heteroatoms. The van der Waals surface area contributed by atoms with Crippen LogP contribution in [0.15, 0.2) is 54.6 Å². The van der Waals surface area contributed by atoms with E-state index in [9.17, 15) is 4.79 Å². The van der Waals surface area contributed by atoms with Crippen LogP contribution in [-0.2, 0) is 11.3 Å². The molecule has 0 bridgehead atoms.